The molecule has 0 spiro atoms. The fraction of sp³-hybridized carbons (Fsp3) is 0.267. The first-order valence-electron chi connectivity index (χ1n) is 6.68. The van der Waals surface area contributed by atoms with E-state index in [1.807, 2.05) is 0 Å². The lowest BCUT2D eigenvalue weighted by Gasteiger charge is -2.24. The van der Waals surface area contributed by atoms with Crippen LogP contribution in [0.2, 0.25) is 0 Å². The Hall–Kier alpha value is -1.77. The molecule has 1 unspecified atom stereocenters. The van der Waals surface area contributed by atoms with Crippen molar-refractivity contribution >= 4 is 27.3 Å². The average molecular weight is 357 g/mol. The smallest absolute Gasteiger partial charge is 0.349 e. The van der Waals surface area contributed by atoms with Crippen LogP contribution in [0.4, 0.5) is 4.39 Å². The third kappa shape index (κ3) is 3.44. The molecule has 1 aromatic carbocycles. The Morgan fingerprint density at radius 2 is 1.87 bits per heavy atom. The lowest BCUT2D eigenvalue weighted by atomic mass is 10.1. The van der Waals surface area contributed by atoms with Crippen molar-refractivity contribution in [3.8, 4) is 0 Å². The molecule has 124 valence electrons. The highest BCUT2D eigenvalue weighted by atomic mass is 32.2. The third-order valence-electron chi connectivity index (χ3n) is 3.55. The molecule has 1 atom stereocenters. The largest absolute Gasteiger partial charge is 0.465 e. The van der Waals surface area contributed by atoms with E-state index in [4.69, 9.17) is 0 Å². The van der Waals surface area contributed by atoms with Crippen molar-refractivity contribution in [2.75, 3.05) is 14.2 Å². The van der Waals surface area contributed by atoms with Gasteiger partial charge < -0.3 is 4.74 Å². The van der Waals surface area contributed by atoms with Gasteiger partial charge in [-0.15, -0.1) is 11.3 Å². The van der Waals surface area contributed by atoms with Gasteiger partial charge in [-0.2, -0.15) is 4.31 Å². The van der Waals surface area contributed by atoms with Gasteiger partial charge in [0.05, 0.1) is 7.11 Å². The summed E-state index contributed by atoms with van der Waals surface area (Å²) in [6.07, 6.45) is 0. The first-order valence-corrected chi connectivity index (χ1v) is 9.00. The summed E-state index contributed by atoms with van der Waals surface area (Å²) in [7, 11) is -1.27. The number of hydrogen-bond donors (Lipinski definition) is 0. The summed E-state index contributed by atoms with van der Waals surface area (Å²) in [6, 6.07) is 6.46. The summed E-state index contributed by atoms with van der Waals surface area (Å²) in [4.78, 5) is 11.6. The maximum Gasteiger partial charge on any atom is 0.349 e. The Kier molecular flexibility index (Phi) is 5.18. The molecule has 23 heavy (non-hydrogen) atoms. The second-order valence-electron chi connectivity index (χ2n) is 4.85. The van der Waals surface area contributed by atoms with Gasteiger partial charge in [-0.3, -0.25) is 0 Å². The second kappa shape index (κ2) is 6.77. The molecule has 0 N–H and O–H groups in total. The minimum absolute atomic E-state index is 0.0330. The SMILES string of the molecule is COC(=O)c1sccc1S(=O)(=O)N(C)C(C)c1ccc(F)cc1. The number of ether oxygens (including phenoxy) is 1. The van der Waals surface area contributed by atoms with Crippen molar-refractivity contribution in [3.63, 3.8) is 0 Å². The van der Waals surface area contributed by atoms with Crippen molar-refractivity contribution in [2.45, 2.75) is 17.9 Å². The lowest BCUT2D eigenvalue weighted by Crippen LogP contribution is -2.30. The van der Waals surface area contributed by atoms with Crippen molar-refractivity contribution in [1.29, 1.82) is 0 Å². The van der Waals surface area contributed by atoms with Gasteiger partial charge in [0.15, 0.2) is 0 Å². The molecule has 0 saturated carbocycles. The Morgan fingerprint density at radius 3 is 2.43 bits per heavy atom. The third-order valence-corrected chi connectivity index (χ3v) is 6.55. The molecule has 1 aromatic heterocycles. The summed E-state index contributed by atoms with van der Waals surface area (Å²) in [6.45, 7) is 1.69. The Bertz CT molecular complexity index is 799. The predicted molar refractivity (Wildman–Crippen MR) is 85.4 cm³/mol. The van der Waals surface area contributed by atoms with Gasteiger partial charge in [0.25, 0.3) is 0 Å². The Morgan fingerprint density at radius 1 is 1.26 bits per heavy atom. The van der Waals surface area contributed by atoms with E-state index in [9.17, 15) is 17.6 Å². The van der Waals surface area contributed by atoms with E-state index in [2.05, 4.69) is 4.74 Å². The van der Waals surface area contributed by atoms with E-state index < -0.39 is 27.9 Å². The minimum atomic E-state index is -3.89. The predicted octanol–water partition coefficient (Wildman–Crippen LogP) is 3.06. The van der Waals surface area contributed by atoms with E-state index >= 15 is 0 Å². The fourth-order valence-corrected chi connectivity index (χ4v) is 4.71. The van der Waals surface area contributed by atoms with E-state index in [1.54, 1.807) is 6.92 Å². The van der Waals surface area contributed by atoms with Crippen LogP contribution in [0.3, 0.4) is 0 Å². The number of methoxy groups -OCH3 is 1. The maximum absolute atomic E-state index is 13.0. The highest BCUT2D eigenvalue weighted by Crippen LogP contribution is 2.30. The first kappa shape index (κ1) is 17.6. The lowest BCUT2D eigenvalue weighted by molar-refractivity contribution is 0.0602. The van der Waals surface area contributed by atoms with Crippen LogP contribution in [0, 0.1) is 5.82 Å². The number of sulfonamides is 1. The standard InChI is InChI=1S/C15H16FNO4S2/c1-10(11-4-6-12(16)7-5-11)17(2)23(19,20)13-8-9-22-14(13)15(18)21-3/h4-10H,1-3H3. The average Bonchev–Trinajstić information content (AvgIpc) is 3.03. The van der Waals surface area contributed by atoms with Crippen LogP contribution >= 0.6 is 11.3 Å². The van der Waals surface area contributed by atoms with Crippen molar-refractivity contribution in [1.82, 2.24) is 4.31 Å². The van der Waals surface area contributed by atoms with E-state index in [0.29, 0.717) is 5.56 Å². The Labute approximate surface area is 138 Å². The quantitative estimate of drug-likeness (QED) is 0.772. The van der Waals surface area contributed by atoms with Gasteiger partial charge in [-0.1, -0.05) is 12.1 Å². The van der Waals surface area contributed by atoms with Gasteiger partial charge >= 0.3 is 5.97 Å². The molecule has 5 nitrogen and oxygen atoms in total. The van der Waals surface area contributed by atoms with Gasteiger partial charge in [0.1, 0.15) is 15.6 Å². The molecule has 8 heteroatoms. The van der Waals surface area contributed by atoms with Crippen LogP contribution in [0.1, 0.15) is 28.2 Å². The number of thiophene rings is 1. The summed E-state index contributed by atoms with van der Waals surface area (Å²) in [5, 5.41) is 1.52. The number of hydrogen-bond acceptors (Lipinski definition) is 5. The summed E-state index contributed by atoms with van der Waals surface area (Å²) in [5.74, 6) is -1.08. The molecule has 0 radical (unpaired) electrons. The number of halogens is 1. The molecule has 0 aliphatic carbocycles. The van der Waals surface area contributed by atoms with Crippen molar-refractivity contribution in [2.24, 2.45) is 0 Å². The van der Waals surface area contributed by atoms with E-state index in [-0.39, 0.29) is 9.77 Å². The zero-order chi connectivity index (χ0) is 17.2. The summed E-state index contributed by atoms with van der Waals surface area (Å²) in [5.41, 5.74) is 0.646. The number of rotatable bonds is 5. The highest BCUT2D eigenvalue weighted by Gasteiger charge is 2.31. The summed E-state index contributed by atoms with van der Waals surface area (Å²) >= 11 is 1.01. The van der Waals surface area contributed by atoms with Crippen LogP contribution in [0.5, 0.6) is 0 Å². The molecule has 2 rings (SSSR count). The molecule has 2 aromatic rings. The second-order valence-corrected chi connectivity index (χ2v) is 7.74. The molecular formula is C15H16FNO4S2. The van der Waals surface area contributed by atoms with Crippen molar-refractivity contribution < 1.29 is 22.3 Å². The topological polar surface area (TPSA) is 63.7 Å². The van der Waals surface area contributed by atoms with Crippen LogP contribution in [-0.4, -0.2) is 32.8 Å². The zero-order valence-electron chi connectivity index (χ0n) is 12.8. The van der Waals surface area contributed by atoms with Crippen molar-refractivity contribution in [3.05, 3.63) is 52.0 Å². The normalized spacial score (nSPS) is 13.1. The molecule has 0 aliphatic rings. The minimum Gasteiger partial charge on any atom is -0.465 e. The Balaban J connectivity index is 2.37. The number of esters is 1. The molecule has 0 saturated heterocycles. The molecule has 0 amide bonds. The maximum atomic E-state index is 13.0. The monoisotopic (exact) mass is 357 g/mol. The van der Waals surface area contributed by atoms with Gasteiger partial charge in [0.2, 0.25) is 10.0 Å². The van der Waals surface area contributed by atoms with Gasteiger partial charge in [-0.05, 0) is 36.1 Å². The number of carbonyl (C=O) groups is 1. The zero-order valence-corrected chi connectivity index (χ0v) is 14.4. The van der Waals surface area contributed by atoms with E-state index in [0.717, 1.165) is 15.6 Å². The van der Waals surface area contributed by atoms with Crippen LogP contribution in [0.15, 0.2) is 40.6 Å². The molecule has 0 bridgehead atoms. The molecule has 1 heterocycles. The highest BCUT2D eigenvalue weighted by molar-refractivity contribution is 7.89. The van der Waals surface area contributed by atoms with Crippen LogP contribution in [-0.2, 0) is 14.8 Å². The van der Waals surface area contributed by atoms with Gasteiger partial charge in [0, 0.05) is 13.1 Å². The molecule has 0 fully saturated rings. The fourth-order valence-electron chi connectivity index (χ4n) is 2.06. The first-order chi connectivity index (χ1) is 10.8. The number of benzene rings is 1. The molecule has 0 aliphatic heterocycles. The van der Waals surface area contributed by atoms with Crippen LogP contribution in [0.25, 0.3) is 0 Å². The number of nitrogens with zero attached hydrogens (tertiary/aromatic N) is 1. The summed E-state index contributed by atoms with van der Waals surface area (Å²) < 4.78 is 44.3. The number of carbonyl (C=O) groups excluding carboxylic acids is 1. The van der Waals surface area contributed by atoms with Crippen LogP contribution < -0.4 is 0 Å². The molecular weight excluding hydrogens is 341 g/mol. The van der Waals surface area contributed by atoms with Gasteiger partial charge in [-0.25, -0.2) is 17.6 Å². The van der Waals surface area contributed by atoms with E-state index in [1.165, 1.54) is 49.9 Å².